The summed E-state index contributed by atoms with van der Waals surface area (Å²) in [5.41, 5.74) is 1.82. The molecule has 8 heteroatoms. The molecule has 2 rings (SSSR count). The number of aryl methyl sites for hydroxylation is 1. The van der Waals surface area contributed by atoms with Crippen molar-refractivity contribution in [1.82, 2.24) is 14.8 Å². The van der Waals surface area contributed by atoms with E-state index in [2.05, 4.69) is 26.1 Å². The summed E-state index contributed by atoms with van der Waals surface area (Å²) in [6.45, 7) is 4.16. The van der Waals surface area contributed by atoms with Crippen molar-refractivity contribution in [2.45, 2.75) is 25.5 Å². The number of aromatic nitrogens is 3. The van der Waals surface area contributed by atoms with Gasteiger partial charge in [0.2, 0.25) is 0 Å². The second-order valence-electron chi connectivity index (χ2n) is 3.97. The predicted octanol–water partition coefficient (Wildman–Crippen LogP) is 2.96. The second kappa shape index (κ2) is 5.22. The van der Waals surface area contributed by atoms with Gasteiger partial charge in [-0.25, -0.2) is 8.42 Å². The van der Waals surface area contributed by atoms with Gasteiger partial charge in [0.1, 0.15) is 0 Å². The molecule has 0 N–H and O–H groups in total. The molecule has 0 spiro atoms. The molecule has 0 fully saturated rings. The highest BCUT2D eigenvalue weighted by molar-refractivity contribution is 9.10. The maximum atomic E-state index is 11.4. The molecule has 102 valence electrons. The fourth-order valence-electron chi connectivity index (χ4n) is 1.76. The van der Waals surface area contributed by atoms with Crippen molar-refractivity contribution in [3.63, 3.8) is 0 Å². The minimum absolute atomic E-state index is 0.236. The zero-order valence-electron chi connectivity index (χ0n) is 10.3. The number of nitrogens with zero attached hydrogens (tertiary/aromatic N) is 3. The summed E-state index contributed by atoms with van der Waals surface area (Å²) in [6, 6.07) is 5.73. The molecule has 0 aliphatic heterocycles. The van der Waals surface area contributed by atoms with E-state index in [1.165, 1.54) is 4.57 Å². The Morgan fingerprint density at radius 3 is 2.63 bits per heavy atom. The Morgan fingerprint density at radius 2 is 2.05 bits per heavy atom. The molecule has 0 aliphatic rings. The standard InChI is InChI=1S/C11H11BrClN3O2S/c1-3-16-10(14-15-11(16)19(13,17)18)8-6-7(2)4-5-9(8)12/h4-6H,3H2,1-2H3. The zero-order valence-corrected chi connectivity index (χ0v) is 13.4. The minimum Gasteiger partial charge on any atom is -0.297 e. The van der Waals surface area contributed by atoms with Gasteiger partial charge in [-0.3, -0.25) is 4.57 Å². The van der Waals surface area contributed by atoms with Crippen molar-refractivity contribution in [3.05, 3.63) is 28.2 Å². The van der Waals surface area contributed by atoms with E-state index in [1.54, 1.807) is 0 Å². The average molecular weight is 365 g/mol. The maximum absolute atomic E-state index is 11.4. The summed E-state index contributed by atoms with van der Waals surface area (Å²) >= 11 is 3.43. The number of hydrogen-bond donors (Lipinski definition) is 0. The van der Waals surface area contributed by atoms with Crippen LogP contribution in [0.5, 0.6) is 0 Å². The van der Waals surface area contributed by atoms with Crippen LogP contribution in [0.4, 0.5) is 0 Å². The first-order valence-electron chi connectivity index (χ1n) is 5.49. The van der Waals surface area contributed by atoms with Gasteiger partial charge in [0.15, 0.2) is 5.82 Å². The fourth-order valence-corrected chi connectivity index (χ4v) is 3.15. The van der Waals surface area contributed by atoms with Gasteiger partial charge in [0, 0.05) is 27.3 Å². The smallest absolute Gasteiger partial charge is 0.296 e. The number of hydrogen-bond acceptors (Lipinski definition) is 4. The van der Waals surface area contributed by atoms with E-state index < -0.39 is 9.05 Å². The van der Waals surface area contributed by atoms with Gasteiger partial charge in [-0.15, -0.1) is 10.2 Å². The SMILES string of the molecule is CCn1c(-c2cc(C)ccc2Br)nnc1S(=O)(=O)Cl. The van der Waals surface area contributed by atoms with Gasteiger partial charge in [0.05, 0.1) is 0 Å². The van der Waals surface area contributed by atoms with Crippen molar-refractivity contribution in [1.29, 1.82) is 0 Å². The molecule has 0 unspecified atom stereocenters. The van der Waals surface area contributed by atoms with Gasteiger partial charge < -0.3 is 0 Å². The van der Waals surface area contributed by atoms with Crippen LogP contribution in [0, 0.1) is 6.92 Å². The van der Waals surface area contributed by atoms with Gasteiger partial charge in [-0.1, -0.05) is 27.6 Å². The molecule has 19 heavy (non-hydrogen) atoms. The van der Waals surface area contributed by atoms with E-state index in [0.29, 0.717) is 12.4 Å². The molecule has 0 saturated heterocycles. The summed E-state index contributed by atoms with van der Waals surface area (Å²) < 4.78 is 25.2. The Morgan fingerprint density at radius 1 is 1.37 bits per heavy atom. The van der Waals surface area contributed by atoms with Crippen LogP contribution in [0.15, 0.2) is 27.8 Å². The van der Waals surface area contributed by atoms with E-state index in [9.17, 15) is 8.42 Å². The molecule has 1 aromatic heterocycles. The van der Waals surface area contributed by atoms with E-state index in [-0.39, 0.29) is 5.16 Å². The zero-order chi connectivity index (χ0) is 14.2. The normalized spacial score (nSPS) is 11.8. The van der Waals surface area contributed by atoms with Crippen LogP contribution in [0.2, 0.25) is 0 Å². The van der Waals surface area contributed by atoms with Crippen LogP contribution in [0.1, 0.15) is 12.5 Å². The fraction of sp³-hybridized carbons (Fsp3) is 0.273. The maximum Gasteiger partial charge on any atom is 0.296 e. The molecule has 0 radical (unpaired) electrons. The predicted molar refractivity (Wildman–Crippen MR) is 76.6 cm³/mol. The lowest BCUT2D eigenvalue weighted by atomic mass is 10.1. The van der Waals surface area contributed by atoms with E-state index in [0.717, 1.165) is 15.6 Å². The first kappa shape index (κ1) is 14.5. The summed E-state index contributed by atoms with van der Waals surface area (Å²) in [5, 5.41) is 7.39. The number of benzene rings is 1. The van der Waals surface area contributed by atoms with Gasteiger partial charge in [-0.05, 0) is 26.0 Å². The lowest BCUT2D eigenvalue weighted by Crippen LogP contribution is -2.06. The van der Waals surface area contributed by atoms with Crippen LogP contribution < -0.4 is 0 Å². The van der Waals surface area contributed by atoms with Crippen molar-refractivity contribution in [2.24, 2.45) is 0 Å². The van der Waals surface area contributed by atoms with Crippen LogP contribution in [-0.2, 0) is 15.6 Å². The Hall–Kier alpha value is -0.920. The second-order valence-corrected chi connectivity index (χ2v) is 7.29. The molecule has 5 nitrogen and oxygen atoms in total. The van der Waals surface area contributed by atoms with E-state index in [1.807, 2.05) is 32.0 Å². The highest BCUT2D eigenvalue weighted by atomic mass is 79.9. The monoisotopic (exact) mass is 363 g/mol. The molecular formula is C11H11BrClN3O2S. The topological polar surface area (TPSA) is 64.8 Å². The third-order valence-electron chi connectivity index (χ3n) is 2.61. The Kier molecular flexibility index (Phi) is 3.98. The molecule has 2 aromatic rings. The first-order chi connectivity index (χ1) is 8.84. The third kappa shape index (κ3) is 2.82. The number of rotatable bonds is 3. The molecule has 0 atom stereocenters. The van der Waals surface area contributed by atoms with Crippen molar-refractivity contribution < 1.29 is 8.42 Å². The van der Waals surface area contributed by atoms with Crippen molar-refractivity contribution in [2.75, 3.05) is 0 Å². The lowest BCUT2D eigenvalue weighted by molar-refractivity contribution is 0.582. The van der Waals surface area contributed by atoms with Crippen LogP contribution in [0.25, 0.3) is 11.4 Å². The van der Waals surface area contributed by atoms with Crippen LogP contribution in [-0.4, -0.2) is 23.2 Å². The molecule has 0 aliphatic carbocycles. The van der Waals surface area contributed by atoms with Gasteiger partial charge in [0.25, 0.3) is 14.2 Å². The summed E-state index contributed by atoms with van der Waals surface area (Å²) in [6.07, 6.45) is 0. The Bertz CT molecular complexity index is 728. The van der Waals surface area contributed by atoms with Crippen molar-refractivity contribution >= 4 is 35.7 Å². The molecule has 1 heterocycles. The van der Waals surface area contributed by atoms with Crippen molar-refractivity contribution in [3.8, 4) is 11.4 Å². The molecule has 0 bridgehead atoms. The molecular weight excluding hydrogens is 354 g/mol. The van der Waals surface area contributed by atoms with Crippen LogP contribution in [0.3, 0.4) is 0 Å². The van der Waals surface area contributed by atoms with Gasteiger partial charge >= 0.3 is 0 Å². The summed E-state index contributed by atoms with van der Waals surface area (Å²) in [5.74, 6) is 0.470. The Labute approximate surface area is 124 Å². The molecule has 0 amide bonds. The van der Waals surface area contributed by atoms with E-state index >= 15 is 0 Å². The molecule has 0 saturated carbocycles. The highest BCUT2D eigenvalue weighted by Crippen LogP contribution is 2.29. The summed E-state index contributed by atoms with van der Waals surface area (Å²) in [7, 11) is 1.44. The average Bonchev–Trinajstić information content (AvgIpc) is 2.75. The minimum atomic E-state index is -3.91. The largest absolute Gasteiger partial charge is 0.297 e. The lowest BCUT2D eigenvalue weighted by Gasteiger charge is -2.08. The first-order valence-corrected chi connectivity index (χ1v) is 8.59. The third-order valence-corrected chi connectivity index (χ3v) is 4.46. The quantitative estimate of drug-likeness (QED) is 0.785. The number of halogens is 2. The van der Waals surface area contributed by atoms with Gasteiger partial charge in [-0.2, -0.15) is 0 Å². The summed E-state index contributed by atoms with van der Waals surface area (Å²) in [4.78, 5) is 0. The molecule has 1 aromatic carbocycles. The Balaban J connectivity index is 2.70. The van der Waals surface area contributed by atoms with Crippen LogP contribution >= 0.6 is 26.6 Å². The van der Waals surface area contributed by atoms with E-state index in [4.69, 9.17) is 10.7 Å². The highest BCUT2D eigenvalue weighted by Gasteiger charge is 2.23.